The molecule has 0 spiro atoms. The van der Waals surface area contributed by atoms with E-state index in [9.17, 15) is 0 Å². The normalized spacial score (nSPS) is 14.3. The molecule has 2 nitrogen and oxygen atoms in total. The van der Waals surface area contributed by atoms with E-state index in [0.717, 1.165) is 35.8 Å². The van der Waals surface area contributed by atoms with Crippen molar-refractivity contribution in [1.82, 2.24) is 0 Å². The van der Waals surface area contributed by atoms with Crippen molar-refractivity contribution in [3.8, 4) is 5.75 Å². The third-order valence-corrected chi connectivity index (χ3v) is 3.60. The Hall–Kier alpha value is -1.32. The number of ether oxygens (including phenoxy) is 1. The van der Waals surface area contributed by atoms with E-state index in [0.29, 0.717) is 0 Å². The second kappa shape index (κ2) is 10.5. The van der Waals surface area contributed by atoms with Gasteiger partial charge >= 0.3 is 0 Å². The molecule has 1 unspecified atom stereocenters. The Morgan fingerprint density at radius 3 is 2.43 bits per heavy atom. The molecule has 0 bridgehead atoms. The molecule has 5 heteroatoms. The van der Waals surface area contributed by atoms with E-state index in [4.69, 9.17) is 10.3 Å². The van der Waals surface area contributed by atoms with E-state index in [1.807, 2.05) is 58.0 Å². The Kier molecular flexibility index (Phi) is 8.19. The zero-order valence-corrected chi connectivity index (χ0v) is 15.3. The van der Waals surface area contributed by atoms with Gasteiger partial charge < -0.3 is 8.92 Å². The molecule has 0 amide bonds. The van der Waals surface area contributed by atoms with Crippen LogP contribution >= 0.6 is 11.9 Å². The van der Waals surface area contributed by atoms with Crippen LogP contribution in [0.4, 0.5) is 0 Å². The lowest BCUT2D eigenvalue weighted by molar-refractivity contribution is 0.137. The predicted octanol–water partition coefficient (Wildman–Crippen LogP) is 3.29. The summed E-state index contributed by atoms with van der Waals surface area (Å²) in [7, 11) is 5.04. The zero-order valence-electron chi connectivity index (χ0n) is 15.5. The van der Waals surface area contributed by atoms with E-state index in [2.05, 4.69) is 19.4 Å². The highest BCUT2D eigenvalue weighted by Crippen LogP contribution is 2.28. The van der Waals surface area contributed by atoms with Crippen LogP contribution in [0.15, 0.2) is 42.5 Å². The summed E-state index contributed by atoms with van der Waals surface area (Å²) in [4.78, 5) is 0. The Morgan fingerprint density at radius 2 is 1.74 bits per heavy atom. The molecule has 0 saturated heterocycles. The van der Waals surface area contributed by atoms with Crippen LogP contribution in [0.5, 0.6) is 5.75 Å². The SMILES string of the molecule is CC.CC.[3H][B]SOc1ccc2c(c1)C(OC)c1ccccc1[B]2. The molecule has 3 rings (SSSR count). The molecule has 0 aliphatic carbocycles. The molecule has 0 aromatic heterocycles. The van der Waals surface area contributed by atoms with Gasteiger partial charge in [-0.15, -0.1) is 0 Å². The Labute approximate surface area is 148 Å². The molecule has 0 saturated carbocycles. The van der Waals surface area contributed by atoms with Crippen molar-refractivity contribution in [1.29, 1.82) is 1.34 Å². The van der Waals surface area contributed by atoms with Gasteiger partial charge in [0.15, 0.2) is 7.28 Å². The molecule has 1 aliphatic rings. The molecule has 1 aliphatic heterocycles. The topological polar surface area (TPSA) is 18.5 Å². The van der Waals surface area contributed by atoms with Crippen LogP contribution < -0.4 is 15.1 Å². The van der Waals surface area contributed by atoms with Gasteiger partial charge in [0.05, 0.1) is 0 Å². The highest BCUT2D eigenvalue weighted by Gasteiger charge is 2.25. The summed E-state index contributed by atoms with van der Waals surface area (Å²) in [6.07, 6.45) is -0.0836. The van der Waals surface area contributed by atoms with Crippen LogP contribution in [0.3, 0.4) is 0 Å². The van der Waals surface area contributed by atoms with Gasteiger partial charge in [-0.2, -0.15) is 0 Å². The van der Waals surface area contributed by atoms with Crippen LogP contribution in [0.25, 0.3) is 0 Å². The van der Waals surface area contributed by atoms with Gasteiger partial charge in [0.25, 0.3) is 0 Å². The summed E-state index contributed by atoms with van der Waals surface area (Å²) < 4.78 is 18.1. The molecule has 2 aromatic rings. The fourth-order valence-electron chi connectivity index (χ4n) is 2.49. The Balaban J connectivity index is 0.000000671. The first-order valence-corrected chi connectivity index (χ1v) is 8.78. The average Bonchev–Trinajstić information content (AvgIpc) is 2.67. The number of rotatable bonds is 4. The van der Waals surface area contributed by atoms with Gasteiger partial charge in [-0.1, -0.05) is 69.0 Å². The zero-order chi connectivity index (χ0) is 17.9. The van der Waals surface area contributed by atoms with Crippen molar-refractivity contribution >= 4 is 37.2 Å². The second-order valence-electron chi connectivity index (χ2n) is 4.36. The van der Waals surface area contributed by atoms with Crippen molar-refractivity contribution in [3.63, 3.8) is 0 Å². The van der Waals surface area contributed by atoms with Crippen LogP contribution in [0.2, 0.25) is 0 Å². The average molecular weight is 328 g/mol. The molecular formula is C18H24B2O2S. The maximum Gasteiger partial charge on any atom is 0.227 e. The maximum atomic E-state index is 6.99. The molecule has 1 heterocycles. The highest BCUT2D eigenvalue weighted by atomic mass is 32.2. The first-order valence-electron chi connectivity index (χ1n) is 8.55. The number of hydrogen-bond acceptors (Lipinski definition) is 3. The minimum absolute atomic E-state index is 0.0836. The fraction of sp³-hybridized carbons (Fsp3) is 0.333. The molecule has 0 fully saturated rings. The fourth-order valence-corrected chi connectivity index (χ4v) is 2.70. The minimum atomic E-state index is -0.0836. The summed E-state index contributed by atoms with van der Waals surface area (Å²) >= 11 is 0.997. The molecular weight excluding hydrogens is 302 g/mol. The van der Waals surface area contributed by atoms with E-state index < -0.39 is 0 Å². The van der Waals surface area contributed by atoms with Crippen LogP contribution in [-0.4, -0.2) is 22.8 Å². The summed E-state index contributed by atoms with van der Waals surface area (Å²) in [6, 6.07) is 14.2. The van der Waals surface area contributed by atoms with Crippen molar-refractivity contribution in [3.05, 3.63) is 53.6 Å². The first kappa shape index (κ1) is 18.0. The van der Waals surface area contributed by atoms with Crippen LogP contribution in [0.1, 0.15) is 44.9 Å². The Bertz CT molecular complexity index is 626. The molecule has 120 valence electrons. The third-order valence-electron chi connectivity index (χ3n) is 3.31. The van der Waals surface area contributed by atoms with E-state index in [1.165, 1.54) is 11.0 Å². The molecule has 0 N–H and O–H groups in total. The summed E-state index contributed by atoms with van der Waals surface area (Å²) in [5, 5.41) is 0. The number of benzene rings is 2. The lowest BCUT2D eigenvalue weighted by Gasteiger charge is -2.27. The lowest BCUT2D eigenvalue weighted by atomic mass is 9.56. The quantitative estimate of drug-likeness (QED) is 0.634. The van der Waals surface area contributed by atoms with Crippen LogP contribution in [0, 0.1) is 0 Å². The van der Waals surface area contributed by atoms with Crippen molar-refractivity contribution in [2.45, 2.75) is 33.8 Å². The lowest BCUT2D eigenvalue weighted by Crippen LogP contribution is -2.39. The smallest absolute Gasteiger partial charge is 0.227 e. The van der Waals surface area contributed by atoms with Gasteiger partial charge in [0.2, 0.25) is 7.09 Å². The number of hydrogen-bond donors (Lipinski definition) is 0. The van der Waals surface area contributed by atoms with Crippen molar-refractivity contribution in [2.75, 3.05) is 7.11 Å². The predicted molar refractivity (Wildman–Crippen MR) is 105 cm³/mol. The minimum Gasteiger partial charge on any atom is -0.439 e. The van der Waals surface area contributed by atoms with E-state index in [-0.39, 0.29) is 6.10 Å². The van der Waals surface area contributed by atoms with Gasteiger partial charge in [-0.05, 0) is 36.5 Å². The molecule has 2 radical (unpaired) electrons. The van der Waals surface area contributed by atoms with Gasteiger partial charge in [-0.25, -0.2) is 0 Å². The largest absolute Gasteiger partial charge is 0.439 e. The summed E-state index contributed by atoms with van der Waals surface area (Å²) in [5.41, 5.74) is 4.59. The molecule has 1 atom stereocenters. The summed E-state index contributed by atoms with van der Waals surface area (Å²) in [5.74, 6) is 0.729. The van der Waals surface area contributed by atoms with Crippen molar-refractivity contribution in [2.24, 2.45) is 0 Å². The maximum absolute atomic E-state index is 6.99. The monoisotopic (exact) mass is 328 g/mol. The van der Waals surface area contributed by atoms with Crippen LogP contribution in [-0.2, 0) is 4.74 Å². The highest BCUT2D eigenvalue weighted by molar-refractivity contribution is 8.16. The van der Waals surface area contributed by atoms with Gasteiger partial charge in [0, 0.05) is 7.11 Å². The first-order chi connectivity index (χ1) is 11.8. The second-order valence-corrected chi connectivity index (χ2v) is 4.72. The third kappa shape index (κ3) is 4.58. The van der Waals surface area contributed by atoms with Gasteiger partial charge in [-0.3, -0.25) is 0 Å². The Morgan fingerprint density at radius 1 is 1.04 bits per heavy atom. The number of methoxy groups -OCH3 is 1. The van der Waals surface area contributed by atoms with Crippen molar-refractivity contribution < 1.29 is 8.92 Å². The number of fused-ring (bicyclic) bond motifs is 2. The van der Waals surface area contributed by atoms with Gasteiger partial charge in [0.1, 0.15) is 11.9 Å². The standard InChI is InChI=1S/C14H12B2O2S.2C2H6/c1-17-14-10-4-2-3-5-12(10)16-13-7-6-9(18-19-15)8-11(13)14;2*1-2/h2-8,14-15H,1H3;2*1-2H3/i15T;;. The summed E-state index contributed by atoms with van der Waals surface area (Å²) in [6.45, 7) is 8.00. The molecule has 23 heavy (non-hydrogen) atoms. The van der Waals surface area contributed by atoms with E-state index in [1.54, 1.807) is 7.11 Å². The van der Waals surface area contributed by atoms with E-state index >= 15 is 0 Å². The molecule has 2 aromatic carbocycles.